The maximum atomic E-state index is 12.4. The molecule has 0 fully saturated rings. The molecule has 0 saturated carbocycles. The number of aromatic nitrogens is 4. The molecule has 1 unspecified atom stereocenters. The molecule has 0 saturated heterocycles. The predicted octanol–water partition coefficient (Wildman–Crippen LogP) is 0.961. The number of aliphatic hydroxyl groups excluding tert-OH is 1. The van der Waals surface area contributed by atoms with Gasteiger partial charge in [0, 0.05) is 6.20 Å². The average molecular weight is 302 g/mol. The normalized spacial score (nSPS) is 13.1. The molecule has 112 valence electrons. The zero-order valence-corrected chi connectivity index (χ0v) is 10.3. The van der Waals surface area contributed by atoms with Crippen molar-refractivity contribution in [2.75, 3.05) is 0 Å². The van der Waals surface area contributed by atoms with Gasteiger partial charge in [-0.2, -0.15) is 13.2 Å². The van der Waals surface area contributed by atoms with Gasteiger partial charge in [-0.25, -0.2) is 9.48 Å². The second-order valence-electron chi connectivity index (χ2n) is 4.05. The van der Waals surface area contributed by atoms with Gasteiger partial charge in [0.1, 0.15) is 5.69 Å². The Hall–Kier alpha value is -2.49. The van der Waals surface area contributed by atoms with Gasteiger partial charge in [0.2, 0.25) is 0 Å². The Balaban J connectivity index is 2.46. The molecule has 0 aromatic carbocycles. The maximum Gasteiger partial charge on any atom is 0.416 e. The van der Waals surface area contributed by atoms with Crippen molar-refractivity contribution in [3.05, 3.63) is 30.1 Å². The third-order valence-electron chi connectivity index (χ3n) is 2.57. The van der Waals surface area contributed by atoms with Crippen LogP contribution >= 0.6 is 0 Å². The fourth-order valence-electron chi connectivity index (χ4n) is 1.61. The molecule has 0 radical (unpaired) electrons. The molecule has 2 aromatic heterocycles. The summed E-state index contributed by atoms with van der Waals surface area (Å²) in [4.78, 5) is 14.9. The lowest BCUT2D eigenvalue weighted by Gasteiger charge is -2.15. The number of carbonyl (C=O) groups is 1. The summed E-state index contributed by atoms with van der Waals surface area (Å²) < 4.78 is 37.8. The Labute approximate surface area is 115 Å². The first-order chi connectivity index (χ1) is 9.80. The van der Waals surface area contributed by atoms with Gasteiger partial charge in [0.25, 0.3) is 0 Å². The smallest absolute Gasteiger partial charge is 0.416 e. The van der Waals surface area contributed by atoms with Crippen molar-refractivity contribution in [3.8, 4) is 11.4 Å². The summed E-state index contributed by atoms with van der Waals surface area (Å²) in [6.07, 6.45) is -6.20. The molecule has 0 bridgehead atoms. The number of carboxylic acids is 1. The van der Waals surface area contributed by atoms with Gasteiger partial charge in [-0.3, -0.25) is 4.98 Å². The number of hydrogen-bond donors (Lipinski definition) is 2. The van der Waals surface area contributed by atoms with Gasteiger partial charge in [0.05, 0.1) is 12.2 Å². The number of aromatic carboxylic acids is 1. The summed E-state index contributed by atoms with van der Waals surface area (Å²) in [5, 5.41) is 24.8. The molecule has 0 aliphatic rings. The third-order valence-corrected chi connectivity index (χ3v) is 2.57. The maximum absolute atomic E-state index is 12.4. The average Bonchev–Trinajstić information content (AvgIpc) is 2.82. The molecule has 2 N–H and O–H groups in total. The highest BCUT2D eigenvalue weighted by Crippen LogP contribution is 2.24. The molecule has 2 aromatic rings. The first-order valence-electron chi connectivity index (χ1n) is 5.63. The summed E-state index contributed by atoms with van der Waals surface area (Å²) >= 11 is 0. The van der Waals surface area contributed by atoms with Crippen LogP contribution in [0, 0.1) is 0 Å². The molecule has 10 heteroatoms. The van der Waals surface area contributed by atoms with Crippen LogP contribution in [0.3, 0.4) is 0 Å². The van der Waals surface area contributed by atoms with Crippen LogP contribution in [0.2, 0.25) is 0 Å². The quantitative estimate of drug-likeness (QED) is 0.872. The van der Waals surface area contributed by atoms with E-state index >= 15 is 0 Å². The molecule has 2 heterocycles. The molecule has 0 aliphatic heterocycles. The molecule has 7 nitrogen and oxygen atoms in total. The van der Waals surface area contributed by atoms with Gasteiger partial charge in [-0.05, 0) is 12.1 Å². The SMILES string of the molecule is O=C(O)c1nnn(CC(O)C(F)(F)F)c1-c1ccccn1. The van der Waals surface area contributed by atoms with E-state index in [-0.39, 0.29) is 11.4 Å². The van der Waals surface area contributed by atoms with Crippen molar-refractivity contribution in [2.45, 2.75) is 18.8 Å². The Kier molecular flexibility index (Phi) is 3.89. The van der Waals surface area contributed by atoms with Gasteiger partial charge in [0.15, 0.2) is 11.8 Å². The molecule has 21 heavy (non-hydrogen) atoms. The van der Waals surface area contributed by atoms with Crippen molar-refractivity contribution in [2.24, 2.45) is 0 Å². The summed E-state index contributed by atoms with van der Waals surface area (Å²) in [5.74, 6) is -1.46. The number of carboxylic acid groups (broad SMARTS) is 1. The third kappa shape index (κ3) is 3.16. The first-order valence-corrected chi connectivity index (χ1v) is 5.63. The predicted molar refractivity (Wildman–Crippen MR) is 62.3 cm³/mol. The van der Waals surface area contributed by atoms with E-state index in [2.05, 4.69) is 15.3 Å². The molecular weight excluding hydrogens is 293 g/mol. The molecule has 0 spiro atoms. The summed E-state index contributed by atoms with van der Waals surface area (Å²) in [7, 11) is 0. The van der Waals surface area contributed by atoms with Crippen LogP contribution in [0.4, 0.5) is 13.2 Å². The number of pyridine rings is 1. The number of rotatable bonds is 4. The standard InChI is InChI=1S/C11H9F3N4O3/c12-11(13,14)7(19)5-18-9(6-3-1-2-4-15-6)8(10(20)21)16-17-18/h1-4,7,19H,5H2,(H,20,21). The van der Waals surface area contributed by atoms with E-state index in [9.17, 15) is 18.0 Å². The van der Waals surface area contributed by atoms with Crippen LogP contribution in [0.15, 0.2) is 24.4 Å². The Bertz CT molecular complexity index is 642. The van der Waals surface area contributed by atoms with Crippen LogP contribution in [0.1, 0.15) is 10.5 Å². The van der Waals surface area contributed by atoms with E-state index in [1.807, 2.05) is 0 Å². The van der Waals surface area contributed by atoms with Gasteiger partial charge in [-0.1, -0.05) is 11.3 Å². The largest absolute Gasteiger partial charge is 0.476 e. The number of nitrogens with zero attached hydrogens (tertiary/aromatic N) is 4. The van der Waals surface area contributed by atoms with Crippen LogP contribution in [-0.2, 0) is 6.54 Å². The van der Waals surface area contributed by atoms with Gasteiger partial charge in [-0.15, -0.1) is 5.10 Å². The van der Waals surface area contributed by atoms with Crippen molar-refractivity contribution in [1.82, 2.24) is 20.0 Å². The number of aliphatic hydroxyl groups is 1. The highest BCUT2D eigenvalue weighted by atomic mass is 19.4. The van der Waals surface area contributed by atoms with Crippen LogP contribution < -0.4 is 0 Å². The molecule has 0 aliphatic carbocycles. The highest BCUT2D eigenvalue weighted by Gasteiger charge is 2.39. The van der Waals surface area contributed by atoms with Crippen molar-refractivity contribution < 1.29 is 28.2 Å². The number of alkyl halides is 3. The zero-order chi connectivity index (χ0) is 15.6. The second kappa shape index (κ2) is 5.48. The lowest BCUT2D eigenvalue weighted by atomic mass is 10.2. The van der Waals surface area contributed by atoms with Crippen LogP contribution in [0.5, 0.6) is 0 Å². The van der Waals surface area contributed by atoms with E-state index < -0.39 is 30.5 Å². The van der Waals surface area contributed by atoms with E-state index in [1.54, 1.807) is 6.07 Å². The molecule has 0 amide bonds. The highest BCUT2D eigenvalue weighted by molar-refractivity contribution is 5.92. The van der Waals surface area contributed by atoms with E-state index in [1.165, 1.54) is 18.3 Å². The van der Waals surface area contributed by atoms with Gasteiger partial charge >= 0.3 is 12.1 Å². The molecule has 1 atom stereocenters. The van der Waals surface area contributed by atoms with Crippen molar-refractivity contribution in [3.63, 3.8) is 0 Å². The zero-order valence-electron chi connectivity index (χ0n) is 10.3. The minimum absolute atomic E-state index is 0.0919. The summed E-state index contributed by atoms with van der Waals surface area (Å²) in [6.45, 7) is -0.977. The van der Waals surface area contributed by atoms with Crippen LogP contribution in [-0.4, -0.2) is 48.4 Å². The van der Waals surface area contributed by atoms with Crippen LogP contribution in [0.25, 0.3) is 11.4 Å². The fraction of sp³-hybridized carbons (Fsp3) is 0.273. The second-order valence-corrected chi connectivity index (χ2v) is 4.05. The fourth-order valence-corrected chi connectivity index (χ4v) is 1.61. The Morgan fingerprint density at radius 1 is 1.38 bits per heavy atom. The van der Waals surface area contributed by atoms with Crippen molar-refractivity contribution >= 4 is 5.97 Å². The minimum Gasteiger partial charge on any atom is -0.476 e. The lowest BCUT2D eigenvalue weighted by molar-refractivity contribution is -0.207. The monoisotopic (exact) mass is 302 g/mol. The Morgan fingerprint density at radius 2 is 2.10 bits per heavy atom. The van der Waals surface area contributed by atoms with Gasteiger partial charge < -0.3 is 10.2 Å². The lowest BCUT2D eigenvalue weighted by Crippen LogP contribution is -2.33. The van der Waals surface area contributed by atoms with E-state index in [0.29, 0.717) is 4.68 Å². The summed E-state index contributed by atoms with van der Waals surface area (Å²) in [6, 6.07) is 4.50. The topological polar surface area (TPSA) is 101 Å². The number of hydrogen-bond acceptors (Lipinski definition) is 5. The number of halogens is 3. The molecular formula is C11H9F3N4O3. The molecule has 2 rings (SSSR count). The van der Waals surface area contributed by atoms with E-state index in [0.717, 1.165) is 0 Å². The summed E-state index contributed by atoms with van der Waals surface area (Å²) in [5.41, 5.74) is -0.649. The van der Waals surface area contributed by atoms with E-state index in [4.69, 9.17) is 10.2 Å². The Morgan fingerprint density at radius 3 is 2.62 bits per heavy atom. The van der Waals surface area contributed by atoms with Crippen molar-refractivity contribution in [1.29, 1.82) is 0 Å². The first kappa shape index (κ1) is 14.9. The minimum atomic E-state index is -4.85.